The maximum absolute atomic E-state index is 12.4. The first-order chi connectivity index (χ1) is 11.8. The molecule has 0 aromatic heterocycles. The molecule has 3 aromatic rings. The minimum Gasteiger partial charge on any atom is -0.338 e. The van der Waals surface area contributed by atoms with Crippen LogP contribution < -0.4 is 5.32 Å². The topological polar surface area (TPSA) is 29.1 Å². The van der Waals surface area contributed by atoms with Gasteiger partial charge in [-0.15, -0.1) is 0 Å². The monoisotopic (exact) mass is 333 g/mol. The molecule has 0 aliphatic rings. The van der Waals surface area contributed by atoms with Crippen molar-refractivity contribution in [3.05, 3.63) is 108 Å². The molecule has 2 nitrogen and oxygen atoms in total. The van der Waals surface area contributed by atoms with E-state index in [1.807, 2.05) is 91.0 Å². The second-order valence-corrected chi connectivity index (χ2v) is 5.87. The zero-order valence-electron chi connectivity index (χ0n) is 13.2. The number of thiol groups is 1. The fourth-order valence-corrected chi connectivity index (χ4v) is 3.11. The van der Waals surface area contributed by atoms with E-state index in [0.29, 0.717) is 0 Å². The molecule has 0 spiro atoms. The van der Waals surface area contributed by atoms with Gasteiger partial charge < -0.3 is 5.32 Å². The van der Waals surface area contributed by atoms with Gasteiger partial charge in [0.2, 0.25) is 5.91 Å². The van der Waals surface area contributed by atoms with Gasteiger partial charge in [0.25, 0.3) is 0 Å². The summed E-state index contributed by atoms with van der Waals surface area (Å²) in [5.41, 5.74) is 2.29. The number of benzene rings is 3. The summed E-state index contributed by atoms with van der Waals surface area (Å²) in [5, 5.41) is 3.21. The molecule has 0 unspecified atom stereocenters. The highest BCUT2D eigenvalue weighted by Crippen LogP contribution is 2.36. The van der Waals surface area contributed by atoms with Crippen LogP contribution in [0.2, 0.25) is 0 Å². The SMILES string of the molecule is O=C(CS)NC(c1ccccc1)(c1ccccc1)c1ccccc1. The molecule has 0 saturated carbocycles. The molecule has 24 heavy (non-hydrogen) atoms. The van der Waals surface area contributed by atoms with E-state index in [1.54, 1.807) is 0 Å². The van der Waals surface area contributed by atoms with Crippen LogP contribution in [0, 0.1) is 0 Å². The van der Waals surface area contributed by atoms with Crippen LogP contribution in [0.5, 0.6) is 0 Å². The third-order valence-corrected chi connectivity index (χ3v) is 4.38. The maximum atomic E-state index is 12.4. The number of amides is 1. The van der Waals surface area contributed by atoms with Crippen molar-refractivity contribution < 1.29 is 4.79 Å². The molecule has 0 aliphatic heterocycles. The Balaban J connectivity index is 2.30. The van der Waals surface area contributed by atoms with E-state index in [0.717, 1.165) is 16.7 Å². The van der Waals surface area contributed by atoms with Crippen molar-refractivity contribution >= 4 is 18.5 Å². The fourth-order valence-electron chi connectivity index (χ4n) is 3.03. The zero-order chi connectivity index (χ0) is 16.8. The average molecular weight is 333 g/mol. The summed E-state index contributed by atoms with van der Waals surface area (Å²) >= 11 is 4.15. The number of carbonyl (C=O) groups is 1. The van der Waals surface area contributed by atoms with E-state index in [9.17, 15) is 4.79 Å². The predicted molar refractivity (Wildman–Crippen MR) is 101 cm³/mol. The van der Waals surface area contributed by atoms with Crippen molar-refractivity contribution in [1.82, 2.24) is 5.32 Å². The van der Waals surface area contributed by atoms with E-state index in [2.05, 4.69) is 17.9 Å². The number of rotatable bonds is 5. The number of hydrogen-bond donors (Lipinski definition) is 2. The van der Waals surface area contributed by atoms with Gasteiger partial charge in [-0.05, 0) is 16.7 Å². The summed E-state index contributed by atoms with van der Waals surface area (Å²) in [5.74, 6) is 0.0173. The lowest BCUT2D eigenvalue weighted by atomic mass is 9.77. The molecule has 1 N–H and O–H groups in total. The quantitative estimate of drug-likeness (QED) is 0.536. The second kappa shape index (κ2) is 7.37. The van der Waals surface area contributed by atoms with Gasteiger partial charge in [0.15, 0.2) is 0 Å². The van der Waals surface area contributed by atoms with Crippen LogP contribution in [-0.2, 0) is 10.3 Å². The Morgan fingerprint density at radius 1 is 0.708 bits per heavy atom. The first-order valence-corrected chi connectivity index (χ1v) is 8.49. The molecule has 0 radical (unpaired) electrons. The van der Waals surface area contributed by atoms with Gasteiger partial charge in [0.1, 0.15) is 5.54 Å². The number of nitrogens with one attached hydrogen (secondary N) is 1. The molecule has 0 saturated heterocycles. The second-order valence-electron chi connectivity index (χ2n) is 5.55. The van der Waals surface area contributed by atoms with Crippen molar-refractivity contribution in [2.24, 2.45) is 0 Å². The van der Waals surface area contributed by atoms with Crippen LogP contribution in [0.15, 0.2) is 91.0 Å². The van der Waals surface area contributed by atoms with E-state index in [1.165, 1.54) is 0 Å². The standard InChI is InChI=1S/C21H19NOS/c23-20(16-24)22-21(17-10-4-1-5-11-17,18-12-6-2-7-13-18)19-14-8-3-9-15-19/h1-15,24H,16H2,(H,22,23). The van der Waals surface area contributed by atoms with E-state index in [4.69, 9.17) is 0 Å². The summed E-state index contributed by atoms with van der Waals surface area (Å²) in [6.45, 7) is 0. The van der Waals surface area contributed by atoms with Crippen LogP contribution in [0.25, 0.3) is 0 Å². The maximum Gasteiger partial charge on any atom is 0.230 e. The minimum absolute atomic E-state index is 0.116. The molecule has 0 atom stereocenters. The Labute approximate surface area is 148 Å². The summed E-state index contributed by atoms with van der Waals surface area (Å²) in [4.78, 5) is 12.4. The van der Waals surface area contributed by atoms with Crippen LogP contribution in [0.3, 0.4) is 0 Å². The Hall–Kier alpha value is -2.52. The van der Waals surface area contributed by atoms with E-state index in [-0.39, 0.29) is 11.7 Å². The van der Waals surface area contributed by atoms with Gasteiger partial charge in [0, 0.05) is 0 Å². The van der Waals surface area contributed by atoms with Gasteiger partial charge in [0.05, 0.1) is 5.75 Å². The highest BCUT2D eigenvalue weighted by Gasteiger charge is 2.37. The summed E-state index contributed by atoms with van der Waals surface area (Å²) < 4.78 is 0. The van der Waals surface area contributed by atoms with Crippen LogP contribution in [0.4, 0.5) is 0 Å². The molecule has 3 heteroatoms. The molecule has 3 aromatic carbocycles. The Morgan fingerprint density at radius 3 is 1.33 bits per heavy atom. The lowest BCUT2D eigenvalue weighted by Gasteiger charge is -2.36. The van der Waals surface area contributed by atoms with Gasteiger partial charge in [-0.1, -0.05) is 91.0 Å². The molecule has 120 valence electrons. The Bertz CT molecular complexity index is 691. The third-order valence-electron chi connectivity index (χ3n) is 4.09. The highest BCUT2D eigenvalue weighted by molar-refractivity contribution is 7.81. The van der Waals surface area contributed by atoms with E-state index >= 15 is 0 Å². The normalized spacial score (nSPS) is 11.0. The minimum atomic E-state index is -0.746. The van der Waals surface area contributed by atoms with E-state index < -0.39 is 5.54 Å². The Morgan fingerprint density at radius 2 is 1.04 bits per heavy atom. The smallest absolute Gasteiger partial charge is 0.230 e. The highest BCUT2D eigenvalue weighted by atomic mass is 32.1. The summed E-state index contributed by atoms with van der Waals surface area (Å²) in [6.07, 6.45) is 0. The third kappa shape index (κ3) is 3.08. The van der Waals surface area contributed by atoms with Crippen LogP contribution in [0.1, 0.15) is 16.7 Å². The zero-order valence-corrected chi connectivity index (χ0v) is 14.1. The van der Waals surface area contributed by atoms with Gasteiger partial charge in [-0.25, -0.2) is 0 Å². The molecular weight excluding hydrogens is 314 g/mol. The van der Waals surface area contributed by atoms with Crippen molar-refractivity contribution in [2.45, 2.75) is 5.54 Å². The molecular formula is C21H19NOS. The lowest BCUT2D eigenvalue weighted by molar-refractivity contribution is -0.119. The van der Waals surface area contributed by atoms with Crippen molar-refractivity contribution in [3.63, 3.8) is 0 Å². The first kappa shape index (κ1) is 16.3. The molecule has 0 bridgehead atoms. The van der Waals surface area contributed by atoms with Gasteiger partial charge in [-0.2, -0.15) is 12.6 Å². The Kier molecular flexibility index (Phi) is 5.02. The predicted octanol–water partition coefficient (Wildman–Crippen LogP) is 4.02. The fraction of sp³-hybridized carbons (Fsp3) is 0.0952. The molecule has 0 fully saturated rings. The first-order valence-electron chi connectivity index (χ1n) is 7.86. The van der Waals surface area contributed by atoms with Crippen molar-refractivity contribution in [3.8, 4) is 0 Å². The lowest BCUT2D eigenvalue weighted by Crippen LogP contribution is -2.48. The molecule has 0 aliphatic carbocycles. The average Bonchev–Trinajstić information content (AvgIpc) is 2.68. The number of hydrogen-bond acceptors (Lipinski definition) is 2. The van der Waals surface area contributed by atoms with Crippen LogP contribution >= 0.6 is 12.6 Å². The van der Waals surface area contributed by atoms with Gasteiger partial charge in [-0.3, -0.25) is 4.79 Å². The van der Waals surface area contributed by atoms with Crippen molar-refractivity contribution in [2.75, 3.05) is 5.75 Å². The number of carbonyl (C=O) groups excluding carboxylic acids is 1. The van der Waals surface area contributed by atoms with Crippen molar-refractivity contribution in [1.29, 1.82) is 0 Å². The molecule has 0 heterocycles. The molecule has 1 amide bonds. The summed E-state index contributed by atoms with van der Waals surface area (Å²) in [6, 6.07) is 30.1. The molecule has 3 rings (SSSR count). The van der Waals surface area contributed by atoms with Crippen LogP contribution in [-0.4, -0.2) is 11.7 Å². The summed E-state index contributed by atoms with van der Waals surface area (Å²) in [7, 11) is 0. The largest absolute Gasteiger partial charge is 0.338 e. The van der Waals surface area contributed by atoms with Gasteiger partial charge >= 0.3 is 0 Å².